The number of fused-ring (bicyclic) bond motifs is 2. The van der Waals surface area contributed by atoms with Crippen LogP contribution in [0.1, 0.15) is 20.1 Å². The van der Waals surface area contributed by atoms with E-state index in [9.17, 15) is 0 Å². The topological polar surface area (TPSA) is 39.9 Å². The summed E-state index contributed by atoms with van der Waals surface area (Å²) in [6.07, 6.45) is -0.210. The fourth-order valence-corrected chi connectivity index (χ4v) is 2.92. The molecule has 0 unspecified atom stereocenters. The molecule has 1 aromatic heterocycles. The largest absolute Gasteiger partial charge is 0.468 e. The summed E-state index contributed by atoms with van der Waals surface area (Å²) in [7, 11) is 0. The van der Waals surface area contributed by atoms with Gasteiger partial charge in [-0.05, 0) is 35.0 Å². The number of hydrogen-bond donors (Lipinski definition) is 0. The van der Waals surface area contributed by atoms with Crippen LogP contribution < -0.4 is 4.74 Å². The lowest BCUT2D eigenvalue weighted by Crippen LogP contribution is -2.22. The lowest BCUT2D eigenvalue weighted by atomic mass is 10.1. The van der Waals surface area contributed by atoms with Crippen molar-refractivity contribution in [1.82, 2.24) is 15.0 Å². The molecule has 1 heterocycles. The Kier molecular flexibility index (Phi) is 3.65. The average molecular weight is 317 g/mol. The van der Waals surface area contributed by atoms with Gasteiger partial charge in [-0.25, -0.2) is 4.68 Å². The van der Waals surface area contributed by atoms with Crippen LogP contribution in [0.25, 0.3) is 21.8 Å². The molecule has 120 valence electrons. The molecule has 4 heteroatoms. The zero-order valence-corrected chi connectivity index (χ0v) is 13.8. The van der Waals surface area contributed by atoms with Crippen LogP contribution >= 0.6 is 0 Å². The molecule has 0 aliphatic carbocycles. The molecular weight excluding hydrogens is 298 g/mol. The van der Waals surface area contributed by atoms with Gasteiger partial charge in [0.2, 0.25) is 0 Å². The number of rotatable bonds is 4. The Morgan fingerprint density at radius 1 is 0.875 bits per heavy atom. The van der Waals surface area contributed by atoms with Gasteiger partial charge in [-0.3, -0.25) is 0 Å². The maximum atomic E-state index is 6.30. The minimum absolute atomic E-state index is 0.210. The van der Waals surface area contributed by atoms with Crippen LogP contribution in [0.15, 0.2) is 66.7 Å². The highest BCUT2D eigenvalue weighted by Crippen LogP contribution is 2.28. The number of para-hydroxylation sites is 1. The number of aromatic nitrogens is 3. The van der Waals surface area contributed by atoms with Gasteiger partial charge in [0, 0.05) is 5.92 Å². The highest BCUT2D eigenvalue weighted by Gasteiger charge is 2.21. The van der Waals surface area contributed by atoms with Gasteiger partial charge in [0.05, 0.1) is 5.52 Å². The van der Waals surface area contributed by atoms with Gasteiger partial charge in [-0.2, -0.15) is 0 Å². The lowest BCUT2D eigenvalue weighted by Gasteiger charge is -2.23. The summed E-state index contributed by atoms with van der Waals surface area (Å²) >= 11 is 0. The van der Waals surface area contributed by atoms with E-state index < -0.39 is 0 Å². The van der Waals surface area contributed by atoms with Crippen LogP contribution in [-0.2, 0) is 0 Å². The fraction of sp³-hybridized carbons (Fsp3) is 0.200. The van der Waals surface area contributed by atoms with Gasteiger partial charge < -0.3 is 4.74 Å². The second kappa shape index (κ2) is 5.96. The summed E-state index contributed by atoms with van der Waals surface area (Å²) < 4.78 is 8.17. The fourth-order valence-electron chi connectivity index (χ4n) is 2.92. The van der Waals surface area contributed by atoms with E-state index in [4.69, 9.17) is 4.74 Å². The highest BCUT2D eigenvalue weighted by atomic mass is 16.5. The van der Waals surface area contributed by atoms with Crippen molar-refractivity contribution in [2.24, 2.45) is 5.92 Å². The molecule has 0 spiro atoms. The average Bonchev–Trinajstić information content (AvgIpc) is 3.03. The van der Waals surface area contributed by atoms with Crippen molar-refractivity contribution >= 4 is 21.8 Å². The van der Waals surface area contributed by atoms with E-state index in [2.05, 4.69) is 48.4 Å². The molecular formula is C20H19N3O. The summed E-state index contributed by atoms with van der Waals surface area (Å²) in [6, 6.07) is 22.4. The molecule has 0 N–H and O–H groups in total. The third-order valence-corrected chi connectivity index (χ3v) is 4.17. The molecule has 0 bridgehead atoms. The maximum Gasteiger partial charge on any atom is 0.196 e. The third-order valence-electron chi connectivity index (χ3n) is 4.17. The van der Waals surface area contributed by atoms with Crippen LogP contribution in [-0.4, -0.2) is 15.0 Å². The van der Waals surface area contributed by atoms with Crippen molar-refractivity contribution in [2.75, 3.05) is 0 Å². The highest BCUT2D eigenvalue weighted by molar-refractivity contribution is 5.83. The van der Waals surface area contributed by atoms with E-state index in [1.54, 1.807) is 0 Å². The van der Waals surface area contributed by atoms with Gasteiger partial charge in [0.25, 0.3) is 0 Å². The Morgan fingerprint density at radius 2 is 1.62 bits per heavy atom. The summed E-state index contributed by atoms with van der Waals surface area (Å²) in [5.74, 6) is 1.09. The predicted octanol–water partition coefficient (Wildman–Crippen LogP) is 4.82. The molecule has 0 amide bonds. The van der Waals surface area contributed by atoms with E-state index in [1.165, 1.54) is 10.8 Å². The molecule has 4 rings (SSSR count). The third kappa shape index (κ3) is 2.60. The number of ether oxygens (including phenoxy) is 1. The molecule has 24 heavy (non-hydrogen) atoms. The van der Waals surface area contributed by atoms with E-state index in [1.807, 2.05) is 47.1 Å². The van der Waals surface area contributed by atoms with Crippen molar-refractivity contribution in [2.45, 2.75) is 20.1 Å². The quantitative estimate of drug-likeness (QED) is 0.542. The monoisotopic (exact) mass is 317 g/mol. The summed E-state index contributed by atoms with van der Waals surface area (Å²) in [5, 5.41) is 10.9. The van der Waals surface area contributed by atoms with Gasteiger partial charge in [-0.15, -0.1) is 5.10 Å². The second-order valence-corrected chi connectivity index (χ2v) is 6.28. The van der Waals surface area contributed by atoms with Gasteiger partial charge in [0.1, 0.15) is 11.3 Å². The molecule has 0 aliphatic heterocycles. The Labute approximate surface area is 140 Å². The molecule has 0 saturated carbocycles. The molecule has 0 fully saturated rings. The van der Waals surface area contributed by atoms with Gasteiger partial charge in [-0.1, -0.05) is 61.5 Å². The van der Waals surface area contributed by atoms with Crippen molar-refractivity contribution in [1.29, 1.82) is 0 Å². The normalized spacial score (nSPS) is 12.8. The molecule has 0 saturated heterocycles. The Hall–Kier alpha value is -2.88. The van der Waals surface area contributed by atoms with E-state index >= 15 is 0 Å². The van der Waals surface area contributed by atoms with Crippen LogP contribution in [0.5, 0.6) is 5.75 Å². The smallest absolute Gasteiger partial charge is 0.196 e. The molecule has 0 radical (unpaired) electrons. The van der Waals surface area contributed by atoms with E-state index in [-0.39, 0.29) is 12.1 Å². The Morgan fingerprint density at radius 3 is 2.46 bits per heavy atom. The molecule has 4 nitrogen and oxygen atoms in total. The van der Waals surface area contributed by atoms with E-state index in [0.29, 0.717) is 0 Å². The van der Waals surface area contributed by atoms with Crippen molar-refractivity contribution < 1.29 is 4.74 Å². The molecule has 3 aromatic carbocycles. The van der Waals surface area contributed by atoms with E-state index in [0.717, 1.165) is 16.8 Å². The van der Waals surface area contributed by atoms with Crippen molar-refractivity contribution in [3.05, 3.63) is 66.7 Å². The Balaban J connectivity index is 1.73. The van der Waals surface area contributed by atoms with Crippen LogP contribution in [0.4, 0.5) is 0 Å². The first-order valence-electron chi connectivity index (χ1n) is 8.18. The van der Waals surface area contributed by atoms with Crippen molar-refractivity contribution in [3.8, 4) is 5.75 Å². The first-order valence-corrected chi connectivity index (χ1v) is 8.18. The number of benzene rings is 3. The first-order chi connectivity index (χ1) is 11.7. The summed E-state index contributed by atoms with van der Waals surface area (Å²) in [6.45, 7) is 4.25. The zero-order chi connectivity index (χ0) is 16.5. The molecule has 4 aromatic rings. The minimum Gasteiger partial charge on any atom is -0.468 e. The lowest BCUT2D eigenvalue weighted by molar-refractivity contribution is 0.0735. The standard InChI is InChI=1S/C20H19N3O/c1-14(2)20(23-19-10-6-5-9-18(19)21-22-23)24-17-12-11-15-7-3-4-8-16(15)13-17/h3-14,20H,1-2H3/t20-/m1/s1. The SMILES string of the molecule is CC(C)[C@@H](Oc1ccc2ccccc2c1)n1nnc2ccccc21. The maximum absolute atomic E-state index is 6.30. The molecule has 0 aliphatic rings. The summed E-state index contributed by atoms with van der Waals surface area (Å²) in [4.78, 5) is 0. The predicted molar refractivity (Wildman–Crippen MR) is 96.0 cm³/mol. The van der Waals surface area contributed by atoms with Gasteiger partial charge in [0.15, 0.2) is 6.23 Å². The van der Waals surface area contributed by atoms with Crippen LogP contribution in [0.2, 0.25) is 0 Å². The minimum atomic E-state index is -0.210. The zero-order valence-electron chi connectivity index (χ0n) is 13.8. The van der Waals surface area contributed by atoms with Crippen LogP contribution in [0.3, 0.4) is 0 Å². The number of hydrogen-bond acceptors (Lipinski definition) is 3. The first kappa shape index (κ1) is 14.7. The second-order valence-electron chi connectivity index (χ2n) is 6.28. The van der Waals surface area contributed by atoms with Crippen molar-refractivity contribution in [3.63, 3.8) is 0 Å². The Bertz CT molecular complexity index is 990. The number of nitrogens with zero attached hydrogens (tertiary/aromatic N) is 3. The molecule has 1 atom stereocenters. The van der Waals surface area contributed by atoms with Crippen LogP contribution in [0, 0.1) is 5.92 Å². The van der Waals surface area contributed by atoms with Gasteiger partial charge >= 0.3 is 0 Å². The summed E-state index contributed by atoms with van der Waals surface area (Å²) in [5.41, 5.74) is 1.86.